The molecule has 0 unspecified atom stereocenters. The summed E-state index contributed by atoms with van der Waals surface area (Å²) in [5.74, 6) is 0.292. The maximum absolute atomic E-state index is 12.1. The van der Waals surface area contributed by atoms with Gasteiger partial charge in [-0.05, 0) is 13.3 Å². The molecule has 1 aromatic heterocycles. The molecule has 1 aromatic rings. The van der Waals surface area contributed by atoms with Crippen molar-refractivity contribution >= 4 is 21.8 Å². The number of amides is 1. The van der Waals surface area contributed by atoms with Gasteiger partial charge in [0.1, 0.15) is 0 Å². The van der Waals surface area contributed by atoms with Crippen molar-refractivity contribution in [1.82, 2.24) is 9.88 Å². The van der Waals surface area contributed by atoms with Gasteiger partial charge in [0.15, 0.2) is 6.39 Å². The van der Waals surface area contributed by atoms with Gasteiger partial charge in [0.05, 0.1) is 5.69 Å². The molecule has 1 rings (SSSR count). The summed E-state index contributed by atoms with van der Waals surface area (Å²) in [5.41, 5.74) is 0.654. The number of halogens is 1. The van der Waals surface area contributed by atoms with Crippen LogP contribution in [-0.2, 0) is 0 Å². The Kier molecular flexibility index (Phi) is 5.52. The molecule has 90 valence electrons. The Morgan fingerprint density at radius 2 is 2.31 bits per heavy atom. The van der Waals surface area contributed by atoms with E-state index in [2.05, 4.69) is 27.8 Å². The molecule has 16 heavy (non-hydrogen) atoms. The maximum atomic E-state index is 12.1. The Morgan fingerprint density at radius 3 is 2.81 bits per heavy atom. The summed E-state index contributed by atoms with van der Waals surface area (Å²) in [6, 6.07) is 0. The van der Waals surface area contributed by atoms with Gasteiger partial charge in [-0.2, -0.15) is 0 Å². The highest BCUT2D eigenvalue weighted by molar-refractivity contribution is 9.09. The van der Waals surface area contributed by atoms with Gasteiger partial charge in [0.2, 0.25) is 5.76 Å². The number of unbranched alkanes of at least 4 members (excludes halogenated alkanes) is 1. The molecule has 0 aliphatic heterocycles. The number of alkyl halides is 1. The molecule has 0 radical (unpaired) electrons. The molecule has 0 aromatic carbocycles. The zero-order valence-electron chi connectivity index (χ0n) is 9.70. The Bertz CT molecular complexity index is 338. The number of nitrogens with zero attached hydrogens (tertiary/aromatic N) is 2. The molecule has 1 amide bonds. The second-order valence-electron chi connectivity index (χ2n) is 3.60. The zero-order valence-corrected chi connectivity index (χ0v) is 11.3. The molecule has 5 heteroatoms. The number of hydrogen-bond acceptors (Lipinski definition) is 3. The predicted molar refractivity (Wildman–Crippen MR) is 65.8 cm³/mol. The molecule has 0 aliphatic rings. The molecule has 0 saturated heterocycles. The quantitative estimate of drug-likeness (QED) is 0.756. The van der Waals surface area contributed by atoms with Crippen molar-refractivity contribution in [3.63, 3.8) is 0 Å². The van der Waals surface area contributed by atoms with E-state index in [1.54, 1.807) is 11.8 Å². The highest BCUT2D eigenvalue weighted by atomic mass is 79.9. The molecule has 0 bridgehead atoms. The number of aryl methyl sites for hydroxylation is 1. The zero-order chi connectivity index (χ0) is 12.0. The summed E-state index contributed by atoms with van der Waals surface area (Å²) < 4.78 is 5.12. The fraction of sp³-hybridized carbons (Fsp3) is 0.636. The number of aromatic nitrogens is 1. The summed E-state index contributed by atoms with van der Waals surface area (Å²) >= 11 is 3.35. The first-order valence-electron chi connectivity index (χ1n) is 5.46. The van der Waals surface area contributed by atoms with Crippen LogP contribution in [0.2, 0.25) is 0 Å². The Morgan fingerprint density at radius 1 is 1.56 bits per heavy atom. The minimum atomic E-state index is -0.0668. The van der Waals surface area contributed by atoms with Crippen LogP contribution in [-0.4, -0.2) is 34.2 Å². The molecule has 0 spiro atoms. The van der Waals surface area contributed by atoms with Gasteiger partial charge in [-0.3, -0.25) is 4.79 Å². The fourth-order valence-corrected chi connectivity index (χ4v) is 1.84. The van der Waals surface area contributed by atoms with Crippen LogP contribution in [0.3, 0.4) is 0 Å². The lowest BCUT2D eigenvalue weighted by Gasteiger charge is -2.20. The van der Waals surface area contributed by atoms with Crippen molar-refractivity contribution in [1.29, 1.82) is 0 Å². The number of hydrogen-bond donors (Lipinski definition) is 0. The maximum Gasteiger partial charge on any atom is 0.291 e. The third kappa shape index (κ3) is 3.33. The Hall–Kier alpha value is -0.840. The van der Waals surface area contributed by atoms with E-state index in [9.17, 15) is 4.79 Å². The van der Waals surface area contributed by atoms with Gasteiger partial charge in [-0.1, -0.05) is 29.3 Å². The molecule has 0 atom stereocenters. The molecule has 1 heterocycles. The first kappa shape index (κ1) is 13.2. The summed E-state index contributed by atoms with van der Waals surface area (Å²) in [7, 11) is 0. The van der Waals surface area contributed by atoms with E-state index in [0.29, 0.717) is 18.0 Å². The molecule has 0 aliphatic carbocycles. The molecule has 0 fully saturated rings. The summed E-state index contributed by atoms with van der Waals surface area (Å²) in [5, 5.41) is 0.773. The van der Waals surface area contributed by atoms with Crippen LogP contribution >= 0.6 is 15.9 Å². The van der Waals surface area contributed by atoms with Crippen molar-refractivity contribution in [2.75, 3.05) is 18.4 Å². The average Bonchev–Trinajstić information content (AvgIpc) is 2.69. The highest BCUT2D eigenvalue weighted by Crippen LogP contribution is 2.10. The molecular weight excluding hydrogens is 272 g/mol. The molecular formula is C11H17BrN2O2. The number of carbonyl (C=O) groups is 1. The van der Waals surface area contributed by atoms with E-state index in [1.165, 1.54) is 6.39 Å². The monoisotopic (exact) mass is 288 g/mol. The van der Waals surface area contributed by atoms with Crippen LogP contribution in [0.1, 0.15) is 36.0 Å². The van der Waals surface area contributed by atoms with Crippen molar-refractivity contribution in [3.8, 4) is 0 Å². The summed E-state index contributed by atoms with van der Waals surface area (Å²) in [6.45, 7) is 5.35. The molecule has 0 saturated carbocycles. The second-order valence-corrected chi connectivity index (χ2v) is 4.39. The highest BCUT2D eigenvalue weighted by Gasteiger charge is 2.20. The lowest BCUT2D eigenvalue weighted by Crippen LogP contribution is -2.33. The van der Waals surface area contributed by atoms with Gasteiger partial charge >= 0.3 is 0 Å². The van der Waals surface area contributed by atoms with E-state index < -0.39 is 0 Å². The van der Waals surface area contributed by atoms with Gasteiger partial charge in [-0.25, -0.2) is 4.98 Å². The van der Waals surface area contributed by atoms with Crippen molar-refractivity contribution in [2.45, 2.75) is 26.7 Å². The second kappa shape index (κ2) is 6.68. The normalized spacial score (nSPS) is 10.4. The number of carbonyl (C=O) groups excluding carboxylic acids is 1. The van der Waals surface area contributed by atoms with Crippen LogP contribution in [0, 0.1) is 6.92 Å². The average molecular weight is 289 g/mol. The van der Waals surface area contributed by atoms with Gasteiger partial charge in [0.25, 0.3) is 5.91 Å². The van der Waals surface area contributed by atoms with Crippen LogP contribution in [0.15, 0.2) is 10.8 Å². The van der Waals surface area contributed by atoms with Crippen LogP contribution in [0.5, 0.6) is 0 Å². The number of rotatable bonds is 6. The van der Waals surface area contributed by atoms with E-state index in [4.69, 9.17) is 4.42 Å². The van der Waals surface area contributed by atoms with Gasteiger partial charge < -0.3 is 9.32 Å². The van der Waals surface area contributed by atoms with Crippen LogP contribution < -0.4 is 0 Å². The summed E-state index contributed by atoms with van der Waals surface area (Å²) in [6.07, 6.45) is 3.39. The molecule has 4 nitrogen and oxygen atoms in total. The first-order chi connectivity index (χ1) is 7.70. The van der Waals surface area contributed by atoms with Crippen molar-refractivity contribution < 1.29 is 9.21 Å². The van der Waals surface area contributed by atoms with E-state index in [0.717, 1.165) is 24.7 Å². The number of oxazole rings is 1. The van der Waals surface area contributed by atoms with Gasteiger partial charge in [-0.15, -0.1) is 0 Å². The lowest BCUT2D eigenvalue weighted by atomic mass is 10.2. The van der Waals surface area contributed by atoms with Crippen molar-refractivity contribution in [3.05, 3.63) is 17.8 Å². The van der Waals surface area contributed by atoms with Crippen LogP contribution in [0.4, 0.5) is 0 Å². The summed E-state index contributed by atoms with van der Waals surface area (Å²) in [4.78, 5) is 17.8. The SMILES string of the molecule is CCCCN(CCBr)C(=O)c1ocnc1C. The Balaban J connectivity index is 2.70. The van der Waals surface area contributed by atoms with E-state index >= 15 is 0 Å². The smallest absolute Gasteiger partial charge is 0.291 e. The van der Waals surface area contributed by atoms with Gasteiger partial charge in [0, 0.05) is 18.4 Å². The minimum Gasteiger partial charge on any atom is -0.438 e. The third-order valence-corrected chi connectivity index (χ3v) is 2.72. The molecule has 0 N–H and O–H groups in total. The largest absolute Gasteiger partial charge is 0.438 e. The standard InChI is InChI=1S/C11H17BrN2O2/c1-3-4-6-14(7-5-12)11(15)10-9(2)13-8-16-10/h8H,3-7H2,1-2H3. The third-order valence-electron chi connectivity index (χ3n) is 2.36. The minimum absolute atomic E-state index is 0.0668. The van der Waals surface area contributed by atoms with Crippen LogP contribution in [0.25, 0.3) is 0 Å². The fourth-order valence-electron chi connectivity index (χ4n) is 1.42. The van der Waals surface area contributed by atoms with Crippen molar-refractivity contribution in [2.24, 2.45) is 0 Å². The first-order valence-corrected chi connectivity index (χ1v) is 6.58. The predicted octanol–water partition coefficient (Wildman–Crippen LogP) is 2.62. The lowest BCUT2D eigenvalue weighted by molar-refractivity contribution is 0.0731. The Labute approximate surface area is 104 Å². The topological polar surface area (TPSA) is 46.3 Å². The van der Waals surface area contributed by atoms with E-state index in [1.807, 2.05) is 0 Å². The van der Waals surface area contributed by atoms with E-state index in [-0.39, 0.29) is 5.91 Å².